The molecule has 0 bridgehead atoms. The first-order chi connectivity index (χ1) is 5.66. The lowest BCUT2D eigenvalue weighted by Crippen LogP contribution is -1.58. The van der Waals surface area contributed by atoms with Gasteiger partial charge in [-0.3, -0.25) is 0 Å². The summed E-state index contributed by atoms with van der Waals surface area (Å²) in [6, 6.07) is 0. The first-order valence-corrected chi connectivity index (χ1v) is 4.63. The third kappa shape index (κ3) is 7.33. The molecule has 0 fully saturated rings. The highest BCUT2D eigenvalue weighted by molar-refractivity contribution is 5.23. The Bertz CT molecular complexity index is 185. The molecule has 0 aromatic heterocycles. The van der Waals surface area contributed by atoms with E-state index in [9.17, 15) is 0 Å². The Morgan fingerprint density at radius 1 is 1.50 bits per heavy atom. The van der Waals surface area contributed by atoms with Crippen LogP contribution < -0.4 is 0 Å². The SMILES string of the molecule is CC1=CCC=C1.CCC=C(C)C. The van der Waals surface area contributed by atoms with Crippen LogP contribution in [-0.2, 0) is 0 Å². The molecule has 0 heterocycles. The predicted molar refractivity (Wildman–Crippen MR) is 57.2 cm³/mol. The fourth-order valence-electron chi connectivity index (χ4n) is 0.984. The maximum absolute atomic E-state index is 2.21. The Morgan fingerprint density at radius 3 is 2.25 bits per heavy atom. The van der Waals surface area contributed by atoms with Crippen molar-refractivity contribution in [1.82, 2.24) is 0 Å². The zero-order valence-electron chi connectivity index (χ0n) is 8.72. The number of hydrogen-bond donors (Lipinski definition) is 0. The highest BCUT2D eigenvalue weighted by Gasteiger charge is 1.84. The smallest absolute Gasteiger partial charge is 0.0160 e. The van der Waals surface area contributed by atoms with Crippen LogP contribution in [-0.4, -0.2) is 0 Å². The van der Waals surface area contributed by atoms with Crippen LogP contribution in [0.15, 0.2) is 35.5 Å². The van der Waals surface area contributed by atoms with Crippen molar-refractivity contribution in [2.75, 3.05) is 0 Å². The summed E-state index contributed by atoms with van der Waals surface area (Å²) in [5.41, 5.74) is 2.81. The van der Waals surface area contributed by atoms with Crippen molar-refractivity contribution in [2.45, 2.75) is 40.5 Å². The van der Waals surface area contributed by atoms with Crippen LogP contribution in [0.3, 0.4) is 0 Å². The number of allylic oxidation sites excluding steroid dienone is 6. The van der Waals surface area contributed by atoms with Crippen LogP contribution >= 0.6 is 0 Å². The molecule has 68 valence electrons. The second-order valence-electron chi connectivity index (χ2n) is 3.28. The van der Waals surface area contributed by atoms with Gasteiger partial charge in [-0.15, -0.1) is 0 Å². The van der Waals surface area contributed by atoms with E-state index in [1.54, 1.807) is 0 Å². The monoisotopic (exact) mass is 164 g/mol. The molecule has 12 heavy (non-hydrogen) atoms. The summed E-state index contributed by atoms with van der Waals surface area (Å²) in [6.45, 7) is 8.49. The molecule has 0 radical (unpaired) electrons. The summed E-state index contributed by atoms with van der Waals surface area (Å²) in [4.78, 5) is 0. The van der Waals surface area contributed by atoms with Crippen LogP contribution in [0.4, 0.5) is 0 Å². The highest BCUT2D eigenvalue weighted by atomic mass is 13.9. The lowest BCUT2D eigenvalue weighted by atomic mass is 10.3. The minimum atomic E-state index is 1.14. The van der Waals surface area contributed by atoms with Gasteiger partial charge in [-0.1, -0.05) is 42.4 Å². The van der Waals surface area contributed by atoms with E-state index in [4.69, 9.17) is 0 Å². The summed E-state index contributed by atoms with van der Waals surface area (Å²) in [5.74, 6) is 0. The minimum absolute atomic E-state index is 1.14. The Kier molecular flexibility index (Phi) is 6.45. The first kappa shape index (κ1) is 11.2. The van der Waals surface area contributed by atoms with Gasteiger partial charge in [0.25, 0.3) is 0 Å². The summed E-state index contributed by atoms with van der Waals surface area (Å²) in [6.07, 6.45) is 11.0. The molecule has 0 unspecified atom stereocenters. The maximum atomic E-state index is 2.21. The lowest BCUT2D eigenvalue weighted by Gasteiger charge is -1.80. The van der Waals surface area contributed by atoms with E-state index in [0.29, 0.717) is 0 Å². The summed E-state index contributed by atoms with van der Waals surface area (Å²) >= 11 is 0. The third-order valence-corrected chi connectivity index (χ3v) is 1.57. The normalized spacial score (nSPS) is 13.2. The van der Waals surface area contributed by atoms with E-state index in [-0.39, 0.29) is 0 Å². The molecule has 0 saturated carbocycles. The average Bonchev–Trinajstić information content (AvgIpc) is 2.40. The molecule has 0 nitrogen and oxygen atoms in total. The second-order valence-corrected chi connectivity index (χ2v) is 3.28. The molecule has 0 aliphatic heterocycles. The van der Waals surface area contributed by atoms with Crippen molar-refractivity contribution in [2.24, 2.45) is 0 Å². The van der Waals surface area contributed by atoms with Crippen molar-refractivity contribution < 1.29 is 0 Å². The van der Waals surface area contributed by atoms with Gasteiger partial charge in [0.1, 0.15) is 0 Å². The van der Waals surface area contributed by atoms with Gasteiger partial charge in [-0.05, 0) is 33.6 Å². The Morgan fingerprint density at radius 2 is 2.17 bits per heavy atom. The Hall–Kier alpha value is -0.780. The third-order valence-electron chi connectivity index (χ3n) is 1.57. The summed E-state index contributed by atoms with van der Waals surface area (Å²) < 4.78 is 0. The lowest BCUT2D eigenvalue weighted by molar-refractivity contribution is 1.18. The van der Waals surface area contributed by atoms with Gasteiger partial charge in [0, 0.05) is 0 Å². The molecule has 0 aromatic rings. The van der Waals surface area contributed by atoms with Crippen molar-refractivity contribution in [3.63, 3.8) is 0 Å². The summed E-state index contributed by atoms with van der Waals surface area (Å²) in [5, 5.41) is 0. The average molecular weight is 164 g/mol. The Balaban J connectivity index is 0.000000202. The standard InChI is InChI=1S/C6H8.C6H12/c1-6-4-2-3-5-6;1-4-5-6(2)3/h2,4-5H,3H2,1H3;5H,4H2,1-3H3. The molecular weight excluding hydrogens is 144 g/mol. The van der Waals surface area contributed by atoms with Gasteiger partial charge < -0.3 is 0 Å². The molecule has 0 atom stereocenters. The largest absolute Gasteiger partial charge is 0.0862 e. The molecule has 0 spiro atoms. The van der Waals surface area contributed by atoms with Crippen LogP contribution in [0.1, 0.15) is 40.5 Å². The van der Waals surface area contributed by atoms with Gasteiger partial charge in [-0.25, -0.2) is 0 Å². The van der Waals surface area contributed by atoms with Crippen molar-refractivity contribution >= 4 is 0 Å². The molecule has 0 heteroatoms. The topological polar surface area (TPSA) is 0 Å². The molecule has 1 rings (SSSR count). The zero-order valence-corrected chi connectivity index (χ0v) is 8.72. The van der Waals surface area contributed by atoms with Gasteiger partial charge in [-0.2, -0.15) is 0 Å². The van der Waals surface area contributed by atoms with E-state index in [1.165, 1.54) is 17.6 Å². The van der Waals surface area contributed by atoms with Crippen molar-refractivity contribution in [3.05, 3.63) is 35.5 Å². The molecule has 0 amide bonds. The molecule has 0 N–H and O–H groups in total. The fourth-order valence-corrected chi connectivity index (χ4v) is 0.984. The minimum Gasteiger partial charge on any atom is -0.0862 e. The number of rotatable bonds is 1. The van der Waals surface area contributed by atoms with Gasteiger partial charge in [0.15, 0.2) is 0 Å². The Labute approximate surface area is 76.7 Å². The molecule has 1 aliphatic rings. The van der Waals surface area contributed by atoms with Crippen LogP contribution in [0.5, 0.6) is 0 Å². The van der Waals surface area contributed by atoms with Gasteiger partial charge >= 0.3 is 0 Å². The van der Waals surface area contributed by atoms with E-state index >= 15 is 0 Å². The first-order valence-electron chi connectivity index (χ1n) is 4.63. The van der Waals surface area contributed by atoms with E-state index in [2.05, 4.69) is 52.0 Å². The van der Waals surface area contributed by atoms with Crippen LogP contribution in [0, 0.1) is 0 Å². The van der Waals surface area contributed by atoms with Crippen molar-refractivity contribution in [1.29, 1.82) is 0 Å². The quantitative estimate of drug-likeness (QED) is 0.508. The van der Waals surface area contributed by atoms with Gasteiger partial charge in [0.2, 0.25) is 0 Å². The van der Waals surface area contributed by atoms with E-state index in [0.717, 1.165) is 6.42 Å². The highest BCUT2D eigenvalue weighted by Crippen LogP contribution is 2.05. The maximum Gasteiger partial charge on any atom is -0.0160 e. The molecule has 1 aliphatic carbocycles. The molecule has 0 saturated heterocycles. The van der Waals surface area contributed by atoms with E-state index < -0.39 is 0 Å². The molecular formula is C12H20. The van der Waals surface area contributed by atoms with Crippen LogP contribution in [0.25, 0.3) is 0 Å². The van der Waals surface area contributed by atoms with Crippen LogP contribution in [0.2, 0.25) is 0 Å². The predicted octanol–water partition coefficient (Wildman–Crippen LogP) is 4.26. The van der Waals surface area contributed by atoms with E-state index in [1.807, 2.05) is 0 Å². The summed E-state index contributed by atoms with van der Waals surface area (Å²) in [7, 11) is 0. The van der Waals surface area contributed by atoms with Crippen molar-refractivity contribution in [3.8, 4) is 0 Å². The zero-order chi connectivity index (χ0) is 9.40. The molecule has 0 aromatic carbocycles. The second kappa shape index (κ2) is 6.90. The van der Waals surface area contributed by atoms with Gasteiger partial charge in [0.05, 0.1) is 0 Å². The fraction of sp³-hybridized carbons (Fsp3) is 0.500. The number of hydrogen-bond acceptors (Lipinski definition) is 0.